The van der Waals surface area contributed by atoms with E-state index in [1.54, 1.807) is 12.1 Å². The van der Waals surface area contributed by atoms with Gasteiger partial charge in [-0.2, -0.15) is 10.5 Å². The van der Waals surface area contributed by atoms with Crippen LogP contribution in [0.1, 0.15) is 24.0 Å². The molecule has 0 radical (unpaired) electrons. The van der Waals surface area contributed by atoms with Gasteiger partial charge in [-0.15, -0.1) is 11.3 Å². The Morgan fingerprint density at radius 2 is 1.88 bits per heavy atom. The second-order valence-corrected chi connectivity index (χ2v) is 6.65. The molecule has 0 atom stereocenters. The minimum absolute atomic E-state index is 0.0954. The molecule has 2 heterocycles. The van der Waals surface area contributed by atoms with Crippen LogP contribution in [0.2, 0.25) is 0 Å². The lowest BCUT2D eigenvalue weighted by Crippen LogP contribution is -2.30. The van der Waals surface area contributed by atoms with Crippen LogP contribution in [0.3, 0.4) is 0 Å². The Labute approximate surface area is 154 Å². The molecule has 0 saturated heterocycles. The van der Waals surface area contributed by atoms with Crippen molar-refractivity contribution in [1.82, 2.24) is 4.57 Å². The van der Waals surface area contributed by atoms with Crippen LogP contribution in [0.25, 0.3) is 17.3 Å². The van der Waals surface area contributed by atoms with Gasteiger partial charge in [0.25, 0.3) is 5.56 Å². The van der Waals surface area contributed by atoms with Crippen molar-refractivity contribution in [3.63, 3.8) is 0 Å². The summed E-state index contributed by atoms with van der Waals surface area (Å²) in [5.41, 5.74) is 1.38. The average molecular weight is 361 g/mol. The third-order valence-electron chi connectivity index (χ3n) is 3.90. The number of hydrogen-bond donors (Lipinski definition) is 0. The maximum atomic E-state index is 13.0. The van der Waals surface area contributed by atoms with E-state index in [4.69, 9.17) is 4.42 Å². The number of nitrogens with zero attached hydrogens (tertiary/aromatic N) is 3. The topological polar surface area (TPSA) is 82.7 Å². The first kappa shape index (κ1) is 17.5. The minimum Gasteiger partial charge on any atom is -0.462 e. The first-order chi connectivity index (χ1) is 12.6. The van der Waals surface area contributed by atoms with Crippen LogP contribution in [0.15, 0.2) is 45.6 Å². The molecule has 26 heavy (non-hydrogen) atoms. The molecule has 6 heteroatoms. The lowest BCUT2D eigenvalue weighted by Gasteiger charge is -2.03. The van der Waals surface area contributed by atoms with Gasteiger partial charge in [0.2, 0.25) is 0 Å². The molecule has 0 bridgehead atoms. The van der Waals surface area contributed by atoms with E-state index in [1.807, 2.05) is 56.3 Å². The largest absolute Gasteiger partial charge is 0.462 e. The van der Waals surface area contributed by atoms with Gasteiger partial charge < -0.3 is 4.42 Å². The van der Waals surface area contributed by atoms with Crippen molar-refractivity contribution in [3.05, 3.63) is 73.0 Å². The van der Waals surface area contributed by atoms with E-state index in [9.17, 15) is 15.3 Å². The minimum atomic E-state index is -0.286. The number of aromatic nitrogens is 1. The van der Waals surface area contributed by atoms with Gasteiger partial charge in [0.05, 0.1) is 10.2 Å². The fraction of sp³-hybridized carbons (Fsp3) is 0.150. The highest BCUT2D eigenvalue weighted by Crippen LogP contribution is 2.09. The molecular weight excluding hydrogens is 346 g/mol. The number of hydrogen-bond acceptors (Lipinski definition) is 5. The molecule has 3 rings (SSSR count). The first-order valence-corrected chi connectivity index (χ1v) is 8.83. The zero-order valence-electron chi connectivity index (χ0n) is 14.3. The highest BCUT2D eigenvalue weighted by molar-refractivity contribution is 7.07. The van der Waals surface area contributed by atoms with E-state index >= 15 is 0 Å². The second-order valence-electron chi connectivity index (χ2n) is 5.62. The van der Waals surface area contributed by atoms with Crippen molar-refractivity contribution >= 4 is 23.0 Å². The smallest absolute Gasteiger partial charge is 0.273 e. The van der Waals surface area contributed by atoms with E-state index in [2.05, 4.69) is 0 Å². The summed E-state index contributed by atoms with van der Waals surface area (Å²) in [5.74, 6) is 1.29. The van der Waals surface area contributed by atoms with Gasteiger partial charge in [-0.25, -0.2) is 0 Å². The van der Waals surface area contributed by atoms with Crippen LogP contribution in [0.4, 0.5) is 0 Å². The normalized spacial score (nSPS) is 11.2. The van der Waals surface area contributed by atoms with E-state index < -0.39 is 0 Å². The van der Waals surface area contributed by atoms with Gasteiger partial charge >= 0.3 is 0 Å². The van der Waals surface area contributed by atoms with Crippen LogP contribution in [-0.2, 0) is 6.42 Å². The number of nitriles is 2. The molecule has 0 aliphatic carbocycles. The van der Waals surface area contributed by atoms with Crippen LogP contribution < -0.4 is 14.8 Å². The van der Waals surface area contributed by atoms with E-state index in [0.29, 0.717) is 20.6 Å². The van der Waals surface area contributed by atoms with E-state index in [0.717, 1.165) is 29.1 Å². The molecule has 0 aliphatic rings. The highest BCUT2D eigenvalue weighted by atomic mass is 32.1. The molecule has 0 fully saturated rings. The summed E-state index contributed by atoms with van der Waals surface area (Å²) in [7, 11) is 0. The second kappa shape index (κ2) is 7.26. The Balaban J connectivity index is 2.34. The van der Waals surface area contributed by atoms with Crippen LogP contribution in [0.5, 0.6) is 0 Å². The van der Waals surface area contributed by atoms with Gasteiger partial charge in [-0.05, 0) is 43.2 Å². The summed E-state index contributed by atoms with van der Waals surface area (Å²) in [6, 6.07) is 14.8. The predicted octanol–water partition coefficient (Wildman–Crippen LogP) is 2.39. The number of thiazole rings is 1. The van der Waals surface area contributed by atoms with Crippen molar-refractivity contribution in [2.24, 2.45) is 0 Å². The molecule has 0 saturated carbocycles. The Morgan fingerprint density at radius 1 is 1.19 bits per heavy atom. The maximum Gasteiger partial charge on any atom is 0.273 e. The van der Waals surface area contributed by atoms with Crippen molar-refractivity contribution in [3.8, 4) is 17.8 Å². The zero-order chi connectivity index (χ0) is 18.7. The summed E-state index contributed by atoms with van der Waals surface area (Å²) in [4.78, 5) is 13.0. The third-order valence-corrected chi connectivity index (χ3v) is 4.99. The summed E-state index contributed by atoms with van der Waals surface area (Å²) in [5, 5.41) is 18.6. The zero-order valence-corrected chi connectivity index (χ0v) is 15.1. The monoisotopic (exact) mass is 361 g/mol. The Morgan fingerprint density at radius 3 is 2.42 bits per heavy atom. The molecule has 2 aromatic heterocycles. The maximum absolute atomic E-state index is 13.0. The number of aryl methyl sites for hydroxylation is 2. The van der Waals surface area contributed by atoms with Crippen molar-refractivity contribution < 1.29 is 4.42 Å². The quantitative estimate of drug-likeness (QED) is 0.717. The van der Waals surface area contributed by atoms with Crippen molar-refractivity contribution in [2.75, 3.05) is 0 Å². The fourth-order valence-electron chi connectivity index (χ4n) is 2.55. The van der Waals surface area contributed by atoms with Gasteiger partial charge in [0.1, 0.15) is 28.3 Å². The van der Waals surface area contributed by atoms with Gasteiger partial charge in [-0.1, -0.05) is 19.1 Å². The molecule has 0 spiro atoms. The average Bonchev–Trinajstić information content (AvgIpc) is 3.20. The SMILES string of the molecule is CCc1ccc(-n2c(=C(C#N)C#N)sc(=Cc3ccc(C)o3)c2=O)cc1. The molecule has 5 nitrogen and oxygen atoms in total. The molecule has 128 valence electrons. The van der Waals surface area contributed by atoms with Crippen LogP contribution in [0, 0.1) is 29.6 Å². The molecule has 0 unspecified atom stereocenters. The van der Waals surface area contributed by atoms with Crippen molar-refractivity contribution in [2.45, 2.75) is 20.3 Å². The Bertz CT molecular complexity index is 1200. The molecule has 3 aromatic rings. The summed E-state index contributed by atoms with van der Waals surface area (Å²) >= 11 is 1.11. The van der Waals surface area contributed by atoms with Crippen molar-refractivity contribution in [1.29, 1.82) is 10.5 Å². The molecular formula is C20H15N3O2S. The first-order valence-electron chi connectivity index (χ1n) is 8.01. The number of furan rings is 1. The standard InChI is InChI=1S/C20H15N3O2S/c1-3-14-5-7-16(8-6-14)23-19(24)18(10-17-9-4-13(2)25-17)26-20(23)15(11-21)12-22/h4-10H,3H2,1-2H3. The molecule has 1 aromatic carbocycles. The van der Waals surface area contributed by atoms with Crippen LogP contribution in [-0.4, -0.2) is 4.57 Å². The van der Waals surface area contributed by atoms with E-state index in [1.165, 1.54) is 4.57 Å². The van der Waals surface area contributed by atoms with Gasteiger partial charge in [-0.3, -0.25) is 9.36 Å². The summed E-state index contributed by atoms with van der Waals surface area (Å²) in [6.45, 7) is 3.87. The molecule has 0 N–H and O–H groups in total. The van der Waals surface area contributed by atoms with E-state index in [-0.39, 0.29) is 11.1 Å². The lowest BCUT2D eigenvalue weighted by atomic mass is 10.1. The number of benzene rings is 1. The highest BCUT2D eigenvalue weighted by Gasteiger charge is 2.11. The molecule has 0 aliphatic heterocycles. The van der Waals surface area contributed by atoms with Gasteiger partial charge in [0.15, 0.2) is 5.57 Å². The lowest BCUT2D eigenvalue weighted by molar-refractivity contribution is 0.525. The Kier molecular flexibility index (Phi) is 4.88. The predicted molar refractivity (Wildman–Crippen MR) is 100 cm³/mol. The van der Waals surface area contributed by atoms with Crippen LogP contribution >= 0.6 is 11.3 Å². The number of rotatable bonds is 3. The fourth-order valence-corrected chi connectivity index (χ4v) is 3.58. The Hall–Kier alpha value is -3.35. The summed E-state index contributed by atoms with van der Waals surface area (Å²) in [6.07, 6.45) is 2.52. The summed E-state index contributed by atoms with van der Waals surface area (Å²) < 4.78 is 7.64. The van der Waals surface area contributed by atoms with Gasteiger partial charge in [0, 0.05) is 6.08 Å². The third kappa shape index (κ3) is 3.23. The molecule has 0 amide bonds.